The Balaban J connectivity index is 1.74. The van der Waals surface area contributed by atoms with Gasteiger partial charge in [0.15, 0.2) is 0 Å². The molecule has 1 aliphatic heterocycles. The highest BCUT2D eigenvalue weighted by atomic mass is 16.5. The minimum Gasteiger partial charge on any atom is -0.489 e. The Morgan fingerprint density at radius 1 is 0.941 bits per heavy atom. The minimum atomic E-state index is -0.697. The Morgan fingerprint density at radius 3 is 2.35 bits per heavy atom. The van der Waals surface area contributed by atoms with Crippen LogP contribution in [-0.4, -0.2) is 26.1 Å². The standard InChI is InChI=1S/C28H29NO5/c1-28(2,33-4)23-16-20(34-18-19-10-6-5-7-11-19)14-15-25(23)29-24-13-9-8-12-21(24)22(27(29)31)17-26(30)32-3/h5-16,22H,17-18H2,1-4H3. The maximum atomic E-state index is 13.6. The lowest BCUT2D eigenvalue weighted by Crippen LogP contribution is -2.29. The largest absolute Gasteiger partial charge is 0.489 e. The van der Waals surface area contributed by atoms with Gasteiger partial charge in [0.25, 0.3) is 0 Å². The highest BCUT2D eigenvalue weighted by molar-refractivity contribution is 6.12. The van der Waals surface area contributed by atoms with Crippen molar-refractivity contribution in [2.24, 2.45) is 0 Å². The molecule has 1 heterocycles. The van der Waals surface area contributed by atoms with E-state index in [0.29, 0.717) is 18.0 Å². The fraction of sp³-hybridized carbons (Fsp3) is 0.286. The predicted molar refractivity (Wildman–Crippen MR) is 130 cm³/mol. The average molecular weight is 460 g/mol. The molecule has 3 aromatic rings. The molecule has 0 aliphatic carbocycles. The average Bonchev–Trinajstić information content (AvgIpc) is 3.14. The second-order valence-corrected chi connectivity index (χ2v) is 8.73. The number of carbonyl (C=O) groups is 2. The summed E-state index contributed by atoms with van der Waals surface area (Å²) >= 11 is 0. The summed E-state index contributed by atoms with van der Waals surface area (Å²) < 4.78 is 16.7. The van der Waals surface area contributed by atoms with Crippen LogP contribution in [0.25, 0.3) is 0 Å². The maximum Gasteiger partial charge on any atom is 0.306 e. The van der Waals surface area contributed by atoms with Crippen molar-refractivity contribution < 1.29 is 23.8 Å². The lowest BCUT2D eigenvalue weighted by molar-refractivity contribution is -0.142. The number of carbonyl (C=O) groups excluding carboxylic acids is 2. The van der Waals surface area contributed by atoms with Gasteiger partial charge in [0.05, 0.1) is 36.4 Å². The fourth-order valence-electron chi connectivity index (χ4n) is 4.22. The number of nitrogens with zero attached hydrogens (tertiary/aromatic N) is 1. The van der Waals surface area contributed by atoms with Crippen LogP contribution in [0.15, 0.2) is 72.8 Å². The van der Waals surface area contributed by atoms with Crippen molar-refractivity contribution >= 4 is 23.3 Å². The van der Waals surface area contributed by atoms with Crippen molar-refractivity contribution in [3.63, 3.8) is 0 Å². The van der Waals surface area contributed by atoms with Crippen LogP contribution in [0.4, 0.5) is 11.4 Å². The maximum absolute atomic E-state index is 13.6. The summed E-state index contributed by atoms with van der Waals surface area (Å²) in [6, 6.07) is 23.1. The molecule has 0 aromatic heterocycles. The van der Waals surface area contributed by atoms with Crippen LogP contribution in [0.5, 0.6) is 5.75 Å². The molecule has 34 heavy (non-hydrogen) atoms. The summed E-state index contributed by atoms with van der Waals surface area (Å²) in [5.74, 6) is -0.509. The van der Waals surface area contributed by atoms with Crippen LogP contribution in [-0.2, 0) is 31.3 Å². The van der Waals surface area contributed by atoms with Gasteiger partial charge in [0, 0.05) is 12.7 Å². The van der Waals surface area contributed by atoms with E-state index >= 15 is 0 Å². The van der Waals surface area contributed by atoms with E-state index in [0.717, 1.165) is 22.4 Å². The number of rotatable bonds is 8. The number of hydrogen-bond donors (Lipinski definition) is 0. The SMILES string of the molecule is COC(=O)CC1C(=O)N(c2ccc(OCc3ccccc3)cc2C(C)(C)OC)c2ccccc21. The zero-order valence-electron chi connectivity index (χ0n) is 19.9. The highest BCUT2D eigenvalue weighted by Gasteiger charge is 2.41. The second kappa shape index (κ2) is 9.69. The zero-order chi connectivity index (χ0) is 24.3. The van der Waals surface area contributed by atoms with Crippen LogP contribution < -0.4 is 9.64 Å². The van der Waals surface area contributed by atoms with Gasteiger partial charge in [-0.25, -0.2) is 0 Å². The van der Waals surface area contributed by atoms with Gasteiger partial charge >= 0.3 is 5.97 Å². The summed E-state index contributed by atoms with van der Waals surface area (Å²) in [6.45, 7) is 4.33. The van der Waals surface area contributed by atoms with Gasteiger partial charge in [-0.05, 0) is 49.2 Å². The molecule has 0 spiro atoms. The van der Waals surface area contributed by atoms with E-state index in [1.807, 2.05) is 86.6 Å². The van der Waals surface area contributed by atoms with E-state index in [9.17, 15) is 9.59 Å². The Bertz CT molecular complexity index is 1190. The van der Waals surface area contributed by atoms with Gasteiger partial charge in [-0.2, -0.15) is 0 Å². The Labute approximate surface area is 200 Å². The quantitative estimate of drug-likeness (QED) is 0.418. The topological polar surface area (TPSA) is 65.1 Å². The van der Waals surface area contributed by atoms with Crippen molar-refractivity contribution in [2.75, 3.05) is 19.1 Å². The number of anilines is 2. The summed E-state index contributed by atoms with van der Waals surface area (Å²) in [6.07, 6.45) is -0.00980. The number of benzene rings is 3. The highest BCUT2D eigenvalue weighted by Crippen LogP contribution is 2.47. The number of fused-ring (bicyclic) bond motifs is 1. The van der Waals surface area contributed by atoms with Crippen molar-refractivity contribution in [3.05, 3.63) is 89.5 Å². The molecular weight excluding hydrogens is 430 g/mol. The van der Waals surface area contributed by atoms with Crippen LogP contribution in [0.2, 0.25) is 0 Å². The van der Waals surface area contributed by atoms with Gasteiger partial charge in [-0.15, -0.1) is 0 Å². The number of amides is 1. The first-order valence-corrected chi connectivity index (χ1v) is 11.2. The van der Waals surface area contributed by atoms with E-state index < -0.39 is 17.5 Å². The van der Waals surface area contributed by atoms with Crippen LogP contribution in [0.3, 0.4) is 0 Å². The molecule has 0 saturated heterocycles. The van der Waals surface area contributed by atoms with E-state index in [-0.39, 0.29) is 12.3 Å². The van der Waals surface area contributed by atoms with E-state index in [4.69, 9.17) is 14.2 Å². The van der Waals surface area contributed by atoms with Crippen molar-refractivity contribution in [1.82, 2.24) is 0 Å². The summed E-state index contributed by atoms with van der Waals surface area (Å²) in [7, 11) is 2.97. The molecule has 0 radical (unpaired) electrons. The Morgan fingerprint density at radius 2 is 1.65 bits per heavy atom. The Kier molecular flexibility index (Phi) is 6.70. The third-order valence-electron chi connectivity index (χ3n) is 6.29. The van der Waals surface area contributed by atoms with Crippen molar-refractivity contribution in [2.45, 2.75) is 38.4 Å². The molecule has 1 aliphatic rings. The third-order valence-corrected chi connectivity index (χ3v) is 6.29. The smallest absolute Gasteiger partial charge is 0.306 e. The first kappa shape index (κ1) is 23.5. The normalized spacial score (nSPS) is 15.2. The molecule has 3 aromatic carbocycles. The first-order valence-electron chi connectivity index (χ1n) is 11.2. The molecule has 6 nitrogen and oxygen atoms in total. The number of ether oxygens (including phenoxy) is 3. The van der Waals surface area contributed by atoms with Gasteiger partial charge in [-0.1, -0.05) is 48.5 Å². The third kappa shape index (κ3) is 4.54. The molecule has 0 fully saturated rings. The molecule has 0 saturated carbocycles. The number of hydrogen-bond acceptors (Lipinski definition) is 5. The molecule has 1 unspecified atom stereocenters. The monoisotopic (exact) mass is 459 g/mol. The molecule has 0 N–H and O–H groups in total. The first-order chi connectivity index (χ1) is 16.4. The summed E-state index contributed by atoms with van der Waals surface area (Å²) in [5, 5.41) is 0. The molecule has 6 heteroatoms. The predicted octanol–water partition coefficient (Wildman–Crippen LogP) is 5.47. The summed E-state index contributed by atoms with van der Waals surface area (Å²) in [5.41, 5.74) is 3.44. The van der Waals surface area contributed by atoms with Crippen LogP contribution >= 0.6 is 0 Å². The molecule has 176 valence electrons. The van der Waals surface area contributed by atoms with Gasteiger partial charge in [-0.3, -0.25) is 14.5 Å². The van der Waals surface area contributed by atoms with Crippen LogP contribution in [0, 0.1) is 0 Å². The number of esters is 1. The van der Waals surface area contributed by atoms with Gasteiger partial charge in [0.1, 0.15) is 12.4 Å². The Hall–Kier alpha value is -3.64. The fourth-order valence-corrected chi connectivity index (χ4v) is 4.22. The van der Waals surface area contributed by atoms with E-state index in [1.54, 1.807) is 12.0 Å². The zero-order valence-corrected chi connectivity index (χ0v) is 19.9. The lowest BCUT2D eigenvalue weighted by atomic mass is 9.94. The van der Waals surface area contributed by atoms with Gasteiger partial charge < -0.3 is 14.2 Å². The van der Waals surface area contributed by atoms with Crippen molar-refractivity contribution in [1.29, 1.82) is 0 Å². The number of para-hydroxylation sites is 1. The minimum absolute atomic E-state index is 0.00980. The van der Waals surface area contributed by atoms with E-state index in [1.165, 1.54) is 7.11 Å². The second-order valence-electron chi connectivity index (χ2n) is 8.73. The molecule has 1 atom stereocenters. The molecular formula is C28H29NO5. The lowest BCUT2D eigenvalue weighted by Gasteiger charge is -2.30. The molecule has 1 amide bonds. The van der Waals surface area contributed by atoms with Gasteiger partial charge in [0.2, 0.25) is 5.91 Å². The van der Waals surface area contributed by atoms with Crippen LogP contribution in [0.1, 0.15) is 42.9 Å². The number of methoxy groups -OCH3 is 2. The molecule has 4 rings (SSSR count). The van der Waals surface area contributed by atoms with Crippen molar-refractivity contribution in [3.8, 4) is 5.75 Å². The summed E-state index contributed by atoms with van der Waals surface area (Å²) in [4.78, 5) is 27.3. The molecule has 0 bridgehead atoms. The van der Waals surface area contributed by atoms with E-state index in [2.05, 4.69) is 0 Å².